The summed E-state index contributed by atoms with van der Waals surface area (Å²) >= 11 is 0. The number of nitrogens with zero attached hydrogens (tertiary/aromatic N) is 1. The third-order valence-electron chi connectivity index (χ3n) is 3.17. The van der Waals surface area contributed by atoms with Crippen LogP contribution in [-0.4, -0.2) is 4.98 Å². The van der Waals surface area contributed by atoms with Gasteiger partial charge < -0.3 is 5.32 Å². The van der Waals surface area contributed by atoms with E-state index in [2.05, 4.69) is 10.3 Å². The monoisotopic (exact) mass is 288 g/mol. The lowest BCUT2D eigenvalue weighted by Gasteiger charge is -2.10. The lowest BCUT2D eigenvalue weighted by Crippen LogP contribution is -2.03. The molecule has 0 fully saturated rings. The van der Waals surface area contributed by atoms with Gasteiger partial charge in [0, 0.05) is 23.8 Å². The number of hydrogen-bond acceptors (Lipinski definition) is 2. The van der Waals surface area contributed by atoms with Gasteiger partial charge in [-0.3, -0.25) is 4.98 Å². The number of halogens is 3. The third-order valence-corrected chi connectivity index (χ3v) is 3.17. The number of nitrogens with one attached hydrogen (secondary N) is 1. The van der Waals surface area contributed by atoms with Crippen LogP contribution in [0.25, 0.3) is 10.9 Å². The molecule has 0 aliphatic rings. The second-order valence-corrected chi connectivity index (χ2v) is 4.60. The van der Waals surface area contributed by atoms with Crippen LogP contribution in [0.4, 0.5) is 18.9 Å². The molecule has 0 bridgehead atoms. The summed E-state index contributed by atoms with van der Waals surface area (Å²) in [6.45, 7) is 0.183. The molecule has 1 aromatic heterocycles. The zero-order valence-electron chi connectivity index (χ0n) is 10.9. The van der Waals surface area contributed by atoms with Crippen LogP contribution in [0, 0.1) is 17.5 Å². The van der Waals surface area contributed by atoms with Gasteiger partial charge in [-0.2, -0.15) is 0 Å². The van der Waals surface area contributed by atoms with Crippen molar-refractivity contribution in [2.45, 2.75) is 6.54 Å². The summed E-state index contributed by atoms with van der Waals surface area (Å²) < 4.78 is 39.2. The third kappa shape index (κ3) is 2.67. The van der Waals surface area contributed by atoms with Crippen molar-refractivity contribution in [2.75, 3.05) is 5.32 Å². The van der Waals surface area contributed by atoms with Gasteiger partial charge in [-0.05, 0) is 42.0 Å². The van der Waals surface area contributed by atoms with E-state index in [1.54, 1.807) is 6.20 Å². The van der Waals surface area contributed by atoms with E-state index < -0.39 is 17.5 Å². The van der Waals surface area contributed by atoms with E-state index in [9.17, 15) is 13.2 Å². The van der Waals surface area contributed by atoms with Crippen LogP contribution in [0.1, 0.15) is 5.56 Å². The summed E-state index contributed by atoms with van der Waals surface area (Å²) in [5.41, 5.74) is 1.94. The Morgan fingerprint density at radius 2 is 1.71 bits per heavy atom. The number of benzene rings is 2. The molecule has 0 saturated heterocycles. The molecule has 0 unspecified atom stereocenters. The van der Waals surface area contributed by atoms with E-state index in [0.717, 1.165) is 28.7 Å². The maximum Gasteiger partial charge on any atom is 0.194 e. The first-order valence-electron chi connectivity index (χ1n) is 6.36. The zero-order valence-corrected chi connectivity index (χ0v) is 10.9. The van der Waals surface area contributed by atoms with Gasteiger partial charge in [0.25, 0.3) is 0 Å². The summed E-state index contributed by atoms with van der Waals surface area (Å²) in [4.78, 5) is 4.23. The van der Waals surface area contributed by atoms with E-state index in [1.807, 2.05) is 30.3 Å². The molecular formula is C16H11F3N2. The Morgan fingerprint density at radius 1 is 0.952 bits per heavy atom. The summed E-state index contributed by atoms with van der Waals surface area (Å²) in [6.07, 6.45) is 1.69. The average Bonchev–Trinajstić information content (AvgIpc) is 2.50. The maximum atomic E-state index is 13.2. The Labute approximate surface area is 119 Å². The van der Waals surface area contributed by atoms with E-state index in [-0.39, 0.29) is 6.54 Å². The molecule has 0 radical (unpaired) electrons. The fraction of sp³-hybridized carbons (Fsp3) is 0.0625. The highest BCUT2D eigenvalue weighted by atomic mass is 19.2. The molecule has 21 heavy (non-hydrogen) atoms. The zero-order chi connectivity index (χ0) is 14.8. The van der Waals surface area contributed by atoms with Crippen molar-refractivity contribution in [2.24, 2.45) is 0 Å². The molecule has 0 aliphatic carbocycles. The van der Waals surface area contributed by atoms with Gasteiger partial charge in [0.1, 0.15) is 0 Å². The van der Waals surface area contributed by atoms with Gasteiger partial charge in [0.15, 0.2) is 17.5 Å². The number of anilines is 1. The first kappa shape index (κ1) is 13.4. The standard InChI is InChI=1S/C16H11F3N2/c17-12-7-10(8-13(18)16(12)19)9-21-15-5-1-4-14-11(15)3-2-6-20-14/h1-8,21H,9H2. The van der Waals surface area contributed by atoms with Gasteiger partial charge in [0.05, 0.1) is 5.52 Å². The highest BCUT2D eigenvalue weighted by Crippen LogP contribution is 2.22. The van der Waals surface area contributed by atoms with Gasteiger partial charge >= 0.3 is 0 Å². The largest absolute Gasteiger partial charge is 0.380 e. The van der Waals surface area contributed by atoms with Crippen LogP contribution >= 0.6 is 0 Å². The van der Waals surface area contributed by atoms with Crippen LogP contribution in [0.2, 0.25) is 0 Å². The van der Waals surface area contributed by atoms with Crippen LogP contribution in [-0.2, 0) is 6.54 Å². The number of aromatic nitrogens is 1. The molecule has 3 rings (SSSR count). The molecule has 106 valence electrons. The molecule has 5 heteroatoms. The fourth-order valence-corrected chi connectivity index (χ4v) is 2.16. The smallest absolute Gasteiger partial charge is 0.194 e. The van der Waals surface area contributed by atoms with Crippen molar-refractivity contribution in [3.63, 3.8) is 0 Å². The Morgan fingerprint density at radius 3 is 2.48 bits per heavy atom. The Bertz CT molecular complexity index is 774. The van der Waals surface area contributed by atoms with Gasteiger partial charge in [0.2, 0.25) is 0 Å². The predicted octanol–water partition coefficient (Wildman–Crippen LogP) is 4.26. The van der Waals surface area contributed by atoms with E-state index in [1.165, 1.54) is 0 Å². The highest BCUT2D eigenvalue weighted by Gasteiger charge is 2.10. The second kappa shape index (κ2) is 5.44. The number of pyridine rings is 1. The van der Waals surface area contributed by atoms with E-state index in [0.29, 0.717) is 5.56 Å². The van der Waals surface area contributed by atoms with Crippen molar-refractivity contribution >= 4 is 16.6 Å². The molecule has 0 saturated carbocycles. The van der Waals surface area contributed by atoms with Crippen LogP contribution in [0.15, 0.2) is 48.7 Å². The molecule has 1 N–H and O–H groups in total. The molecule has 0 amide bonds. The Balaban J connectivity index is 1.87. The summed E-state index contributed by atoms with van der Waals surface area (Å²) in [5.74, 6) is -3.83. The maximum absolute atomic E-state index is 13.2. The van der Waals surface area contributed by atoms with Crippen molar-refractivity contribution < 1.29 is 13.2 Å². The quantitative estimate of drug-likeness (QED) is 0.728. The topological polar surface area (TPSA) is 24.9 Å². The van der Waals surface area contributed by atoms with Crippen molar-refractivity contribution in [3.8, 4) is 0 Å². The number of hydrogen-bond donors (Lipinski definition) is 1. The van der Waals surface area contributed by atoms with E-state index in [4.69, 9.17) is 0 Å². The molecule has 2 nitrogen and oxygen atoms in total. The SMILES string of the molecule is Fc1cc(CNc2cccc3ncccc23)cc(F)c1F. The highest BCUT2D eigenvalue weighted by molar-refractivity contribution is 5.91. The predicted molar refractivity (Wildman–Crippen MR) is 75.4 cm³/mol. The minimum atomic E-state index is -1.45. The first-order chi connectivity index (χ1) is 10.1. The first-order valence-corrected chi connectivity index (χ1v) is 6.36. The lowest BCUT2D eigenvalue weighted by molar-refractivity contribution is 0.445. The minimum Gasteiger partial charge on any atom is -0.380 e. The van der Waals surface area contributed by atoms with Crippen molar-refractivity contribution in [3.05, 3.63) is 71.7 Å². The number of rotatable bonds is 3. The number of fused-ring (bicyclic) bond motifs is 1. The minimum absolute atomic E-state index is 0.183. The molecule has 0 atom stereocenters. The molecule has 1 heterocycles. The molecule has 2 aromatic carbocycles. The van der Waals surface area contributed by atoms with Crippen molar-refractivity contribution in [1.29, 1.82) is 0 Å². The Hall–Kier alpha value is -2.56. The molecule has 0 aliphatic heterocycles. The van der Waals surface area contributed by atoms with Gasteiger partial charge in [-0.15, -0.1) is 0 Å². The average molecular weight is 288 g/mol. The van der Waals surface area contributed by atoms with Crippen LogP contribution < -0.4 is 5.32 Å². The van der Waals surface area contributed by atoms with Crippen LogP contribution in [0.3, 0.4) is 0 Å². The molecule has 3 aromatic rings. The summed E-state index contributed by atoms with van der Waals surface area (Å²) in [5, 5.41) is 3.99. The molecular weight excluding hydrogens is 277 g/mol. The van der Waals surface area contributed by atoms with Crippen LogP contribution in [0.5, 0.6) is 0 Å². The van der Waals surface area contributed by atoms with E-state index >= 15 is 0 Å². The normalized spacial score (nSPS) is 10.8. The summed E-state index contributed by atoms with van der Waals surface area (Å²) in [7, 11) is 0. The van der Waals surface area contributed by atoms with Gasteiger partial charge in [-0.1, -0.05) is 6.07 Å². The summed E-state index contributed by atoms with van der Waals surface area (Å²) in [6, 6.07) is 11.2. The second-order valence-electron chi connectivity index (χ2n) is 4.60. The Kier molecular flexibility index (Phi) is 3.48. The molecule has 0 spiro atoms. The lowest BCUT2D eigenvalue weighted by atomic mass is 10.1. The van der Waals surface area contributed by atoms with Gasteiger partial charge in [-0.25, -0.2) is 13.2 Å². The van der Waals surface area contributed by atoms with Crippen molar-refractivity contribution in [1.82, 2.24) is 4.98 Å². The fourth-order valence-electron chi connectivity index (χ4n) is 2.16.